The fraction of sp³-hybridized carbons (Fsp3) is 0.500. The largest absolute Gasteiger partial charge is 0.325 e. The van der Waals surface area contributed by atoms with E-state index in [1.54, 1.807) is 6.07 Å². The van der Waals surface area contributed by atoms with Gasteiger partial charge in [-0.2, -0.15) is 0 Å². The second-order valence-electron chi connectivity index (χ2n) is 3.76. The lowest BCUT2D eigenvalue weighted by atomic mass is 10.1. The Morgan fingerprint density at radius 1 is 1.54 bits per heavy atom. The minimum absolute atomic E-state index is 0.00130. The van der Waals surface area contributed by atoms with E-state index in [0.29, 0.717) is 0 Å². The summed E-state index contributed by atoms with van der Waals surface area (Å²) in [6.07, 6.45) is 3.59. The van der Waals surface area contributed by atoms with Gasteiger partial charge in [-0.05, 0) is 18.4 Å². The Balaban J connectivity index is 2.09. The van der Waals surface area contributed by atoms with Crippen molar-refractivity contribution >= 4 is 0 Å². The topological polar surface area (TPSA) is 58.9 Å². The van der Waals surface area contributed by atoms with E-state index < -0.39 is 0 Å². The molecule has 0 aromatic carbocycles. The molecule has 1 saturated carbocycles. The average Bonchev–Trinajstić information content (AvgIpc) is 2.88. The molecule has 0 amide bonds. The average molecular weight is 178 g/mol. The van der Waals surface area contributed by atoms with Gasteiger partial charge in [0.25, 0.3) is 0 Å². The molecule has 0 bridgehead atoms. The van der Waals surface area contributed by atoms with E-state index in [9.17, 15) is 4.79 Å². The van der Waals surface area contributed by atoms with E-state index in [1.807, 2.05) is 6.07 Å². The van der Waals surface area contributed by atoms with Gasteiger partial charge in [-0.3, -0.25) is 4.79 Å². The van der Waals surface area contributed by atoms with Gasteiger partial charge in [0.05, 0.1) is 0 Å². The third kappa shape index (κ3) is 2.18. The molecule has 3 heteroatoms. The van der Waals surface area contributed by atoms with E-state index in [4.69, 9.17) is 5.73 Å². The lowest BCUT2D eigenvalue weighted by molar-refractivity contribution is 0.582. The predicted octanol–water partition coefficient (Wildman–Crippen LogP) is 1.17. The summed E-state index contributed by atoms with van der Waals surface area (Å²) in [5, 5.41) is 0. The Labute approximate surface area is 77.0 Å². The third-order valence-electron chi connectivity index (χ3n) is 2.47. The lowest BCUT2D eigenvalue weighted by Gasteiger charge is -2.09. The molecule has 3 nitrogen and oxygen atoms in total. The lowest BCUT2D eigenvalue weighted by Crippen LogP contribution is -2.17. The Morgan fingerprint density at radius 3 is 2.92 bits per heavy atom. The van der Waals surface area contributed by atoms with Crippen molar-refractivity contribution in [2.45, 2.75) is 25.3 Å². The van der Waals surface area contributed by atoms with Gasteiger partial charge in [0.1, 0.15) is 0 Å². The van der Waals surface area contributed by atoms with Crippen molar-refractivity contribution in [3.63, 3.8) is 0 Å². The van der Waals surface area contributed by atoms with Crippen LogP contribution in [-0.2, 0) is 0 Å². The highest BCUT2D eigenvalue weighted by molar-refractivity contribution is 5.08. The first-order chi connectivity index (χ1) is 6.25. The van der Waals surface area contributed by atoms with Gasteiger partial charge in [-0.1, -0.05) is 18.9 Å². The molecule has 0 saturated heterocycles. The minimum atomic E-state index is -0.0660. The maximum Gasteiger partial charge on any atom is 0.248 e. The van der Waals surface area contributed by atoms with Crippen LogP contribution in [0.2, 0.25) is 0 Å². The maximum atomic E-state index is 11.0. The van der Waals surface area contributed by atoms with Gasteiger partial charge in [-0.15, -0.1) is 0 Å². The van der Waals surface area contributed by atoms with E-state index in [1.165, 1.54) is 18.9 Å². The molecule has 1 unspecified atom stereocenters. The quantitative estimate of drug-likeness (QED) is 0.730. The summed E-state index contributed by atoms with van der Waals surface area (Å²) in [6.45, 7) is 0. The number of rotatable bonds is 3. The van der Waals surface area contributed by atoms with Crippen LogP contribution < -0.4 is 11.3 Å². The maximum absolute atomic E-state index is 11.0. The molecule has 0 radical (unpaired) electrons. The van der Waals surface area contributed by atoms with Crippen molar-refractivity contribution in [3.8, 4) is 0 Å². The van der Waals surface area contributed by atoms with Gasteiger partial charge in [0.2, 0.25) is 5.56 Å². The number of H-pyrrole nitrogens is 1. The summed E-state index contributed by atoms with van der Waals surface area (Å²) in [4.78, 5) is 13.7. The molecular formula is C10H14N2O. The van der Waals surface area contributed by atoms with Gasteiger partial charge in [-0.25, -0.2) is 0 Å². The molecule has 1 aromatic rings. The predicted molar refractivity (Wildman–Crippen MR) is 51.3 cm³/mol. The molecule has 1 aliphatic rings. The van der Waals surface area contributed by atoms with Crippen LogP contribution in [-0.4, -0.2) is 4.98 Å². The summed E-state index contributed by atoms with van der Waals surface area (Å²) < 4.78 is 0. The monoisotopic (exact) mass is 178 g/mol. The summed E-state index contributed by atoms with van der Waals surface area (Å²) in [5.41, 5.74) is 6.73. The molecule has 1 aromatic heterocycles. The molecule has 0 aliphatic heterocycles. The fourth-order valence-electron chi connectivity index (χ4n) is 1.52. The number of pyridine rings is 1. The van der Waals surface area contributed by atoms with Crippen LogP contribution in [0.5, 0.6) is 0 Å². The van der Waals surface area contributed by atoms with Crippen LogP contribution in [0.3, 0.4) is 0 Å². The fourth-order valence-corrected chi connectivity index (χ4v) is 1.52. The summed E-state index contributed by atoms with van der Waals surface area (Å²) in [5.74, 6) is 0.790. The first-order valence-corrected chi connectivity index (χ1v) is 4.70. The van der Waals surface area contributed by atoms with Crippen LogP contribution >= 0.6 is 0 Å². The normalized spacial score (nSPS) is 18.5. The molecule has 3 N–H and O–H groups in total. The van der Waals surface area contributed by atoms with Gasteiger partial charge in [0, 0.05) is 17.8 Å². The number of aromatic amines is 1. The van der Waals surface area contributed by atoms with Crippen molar-refractivity contribution < 1.29 is 0 Å². The second kappa shape index (κ2) is 3.34. The SMILES string of the molecule is NC(CC1CC1)c1cccc(=O)[nH]1. The molecule has 1 fully saturated rings. The zero-order valence-electron chi connectivity index (χ0n) is 7.49. The van der Waals surface area contributed by atoms with E-state index in [2.05, 4.69) is 4.98 Å². The number of nitrogens with two attached hydrogens (primary N) is 1. The highest BCUT2D eigenvalue weighted by Crippen LogP contribution is 2.36. The molecular weight excluding hydrogens is 164 g/mol. The Morgan fingerprint density at radius 2 is 2.31 bits per heavy atom. The standard InChI is InChI=1S/C10H14N2O/c11-8(6-7-4-5-7)9-2-1-3-10(13)12-9/h1-3,7-8H,4-6,11H2,(H,12,13). The number of hydrogen-bond donors (Lipinski definition) is 2. The molecule has 1 atom stereocenters. The van der Waals surface area contributed by atoms with Gasteiger partial charge < -0.3 is 10.7 Å². The highest BCUT2D eigenvalue weighted by Gasteiger charge is 2.24. The first kappa shape index (κ1) is 8.51. The molecule has 0 spiro atoms. The van der Waals surface area contributed by atoms with Gasteiger partial charge in [0.15, 0.2) is 0 Å². The van der Waals surface area contributed by atoms with E-state index in [0.717, 1.165) is 18.0 Å². The molecule has 1 heterocycles. The summed E-state index contributed by atoms with van der Waals surface area (Å²) in [7, 11) is 0. The number of hydrogen-bond acceptors (Lipinski definition) is 2. The van der Waals surface area contributed by atoms with Crippen molar-refractivity contribution in [3.05, 3.63) is 34.2 Å². The Hall–Kier alpha value is -1.09. The number of aromatic nitrogens is 1. The second-order valence-corrected chi connectivity index (χ2v) is 3.76. The summed E-state index contributed by atoms with van der Waals surface area (Å²) >= 11 is 0. The molecule has 2 rings (SSSR count). The first-order valence-electron chi connectivity index (χ1n) is 4.70. The van der Waals surface area contributed by atoms with Crippen LogP contribution in [0, 0.1) is 5.92 Å². The zero-order valence-corrected chi connectivity index (χ0v) is 7.49. The third-order valence-corrected chi connectivity index (χ3v) is 2.47. The molecule has 13 heavy (non-hydrogen) atoms. The summed E-state index contributed by atoms with van der Waals surface area (Å²) in [6, 6.07) is 5.14. The molecule has 70 valence electrons. The Kier molecular flexibility index (Phi) is 2.19. The smallest absolute Gasteiger partial charge is 0.248 e. The van der Waals surface area contributed by atoms with Crippen molar-refractivity contribution in [1.82, 2.24) is 4.98 Å². The van der Waals surface area contributed by atoms with Crippen molar-refractivity contribution in [2.24, 2.45) is 11.7 Å². The van der Waals surface area contributed by atoms with Crippen LogP contribution in [0.15, 0.2) is 23.0 Å². The number of nitrogens with one attached hydrogen (secondary N) is 1. The van der Waals surface area contributed by atoms with E-state index in [-0.39, 0.29) is 11.6 Å². The van der Waals surface area contributed by atoms with Crippen LogP contribution in [0.1, 0.15) is 31.0 Å². The molecule has 1 aliphatic carbocycles. The van der Waals surface area contributed by atoms with Crippen molar-refractivity contribution in [1.29, 1.82) is 0 Å². The zero-order chi connectivity index (χ0) is 9.26. The van der Waals surface area contributed by atoms with Gasteiger partial charge >= 0.3 is 0 Å². The van der Waals surface area contributed by atoms with Crippen LogP contribution in [0.25, 0.3) is 0 Å². The van der Waals surface area contributed by atoms with E-state index >= 15 is 0 Å². The minimum Gasteiger partial charge on any atom is -0.325 e. The highest BCUT2D eigenvalue weighted by atomic mass is 16.1. The Bertz CT molecular complexity index is 341. The van der Waals surface area contributed by atoms with Crippen molar-refractivity contribution in [2.75, 3.05) is 0 Å². The van der Waals surface area contributed by atoms with Crippen LogP contribution in [0.4, 0.5) is 0 Å².